The Hall–Kier alpha value is -2.59. The molecule has 3 rings (SSSR count). The minimum absolute atomic E-state index is 0.315. The van der Waals surface area contributed by atoms with Gasteiger partial charge in [-0.25, -0.2) is 0 Å². The maximum atomic E-state index is 9.06. The molecule has 0 aliphatic heterocycles. The summed E-state index contributed by atoms with van der Waals surface area (Å²) in [4.78, 5) is 10.2. The molecule has 0 saturated heterocycles. The van der Waals surface area contributed by atoms with Crippen molar-refractivity contribution in [3.05, 3.63) is 77.7 Å². The Morgan fingerprint density at radius 1 is 0.960 bits per heavy atom. The minimum atomic E-state index is -0.833. The summed E-state index contributed by atoms with van der Waals surface area (Å²) < 4.78 is 0. The quantitative estimate of drug-likeness (QED) is 0.619. The molecule has 0 saturated carbocycles. The normalized spacial score (nSPS) is 9.20. The van der Waals surface area contributed by atoms with E-state index in [9.17, 15) is 0 Å². The maximum absolute atomic E-state index is 9.06. The van der Waals surface area contributed by atoms with Gasteiger partial charge in [-0.05, 0) is 53.3 Å². The van der Waals surface area contributed by atoms with E-state index < -0.39 is 5.97 Å². The van der Waals surface area contributed by atoms with Crippen molar-refractivity contribution in [1.29, 1.82) is 0 Å². The molecule has 0 radical (unpaired) electrons. The lowest BCUT2D eigenvalue weighted by atomic mass is 10.1. The summed E-state index contributed by atoms with van der Waals surface area (Å²) in [5, 5.41) is 18.5. The molecule has 4 heteroatoms. The van der Waals surface area contributed by atoms with E-state index in [-0.39, 0.29) is 0 Å². The van der Waals surface area contributed by atoms with Gasteiger partial charge in [0, 0.05) is 11.8 Å². The summed E-state index contributed by atoms with van der Waals surface area (Å²) in [6.07, 6.45) is 2.45. The molecule has 0 atom stereocenters. The summed E-state index contributed by atoms with van der Waals surface area (Å²) in [6.45, 7) is 3.28. The number of aliphatic carboxylic acids is 1. The number of thiophene rings is 1. The van der Waals surface area contributed by atoms with Gasteiger partial charge in [0.15, 0.2) is 0 Å². The molecule has 0 aliphatic rings. The third-order valence-corrected chi connectivity index (χ3v) is 3.97. The first-order valence-corrected chi connectivity index (χ1v) is 8.97. The molecule has 132 valence electrons. The highest BCUT2D eigenvalue weighted by atomic mass is 32.1. The second-order valence-electron chi connectivity index (χ2n) is 5.28. The van der Waals surface area contributed by atoms with Gasteiger partial charge in [0.1, 0.15) is 5.75 Å². The van der Waals surface area contributed by atoms with Crippen molar-refractivity contribution in [3.63, 3.8) is 0 Å². The van der Waals surface area contributed by atoms with Crippen molar-refractivity contribution in [3.8, 4) is 16.2 Å². The van der Waals surface area contributed by atoms with E-state index in [2.05, 4.69) is 43.3 Å². The Morgan fingerprint density at radius 2 is 1.56 bits per heavy atom. The molecule has 0 amide bonds. The Balaban J connectivity index is 0.000000213. The van der Waals surface area contributed by atoms with E-state index in [0.29, 0.717) is 5.75 Å². The zero-order valence-corrected chi connectivity index (χ0v) is 15.4. The Kier molecular flexibility index (Phi) is 9.71. The lowest BCUT2D eigenvalue weighted by Gasteiger charge is -1.96. The average molecular weight is 356 g/mol. The molecule has 25 heavy (non-hydrogen) atoms. The number of phenols is 1. The summed E-state index contributed by atoms with van der Waals surface area (Å²) in [7, 11) is 0. The molecular formula is C21H24O3S. The van der Waals surface area contributed by atoms with Crippen LogP contribution in [-0.2, 0) is 11.2 Å². The fraction of sp³-hybridized carbons (Fsp3) is 0.190. The predicted molar refractivity (Wildman–Crippen MR) is 105 cm³/mol. The number of rotatable bonds is 3. The molecule has 0 fully saturated rings. The average Bonchev–Trinajstić information content (AvgIpc) is 3.11. The monoisotopic (exact) mass is 356 g/mol. The highest BCUT2D eigenvalue weighted by Crippen LogP contribution is 2.25. The summed E-state index contributed by atoms with van der Waals surface area (Å²) >= 11 is 1.70. The predicted octanol–water partition coefficient (Wildman–Crippen LogP) is 5.85. The van der Waals surface area contributed by atoms with E-state index >= 15 is 0 Å². The number of phenolic OH excluding ortho intramolecular Hbond substituents is 1. The van der Waals surface area contributed by atoms with E-state index in [1.54, 1.807) is 23.5 Å². The highest BCUT2D eigenvalue weighted by Gasteiger charge is 1.96. The molecule has 1 aromatic heterocycles. The molecule has 0 bridgehead atoms. The van der Waals surface area contributed by atoms with Crippen molar-refractivity contribution in [2.45, 2.75) is 26.7 Å². The van der Waals surface area contributed by atoms with Crippen LogP contribution in [0.3, 0.4) is 0 Å². The van der Waals surface area contributed by atoms with Crippen molar-refractivity contribution in [1.82, 2.24) is 0 Å². The van der Waals surface area contributed by atoms with Crippen molar-refractivity contribution >= 4 is 17.3 Å². The number of hydrogen-bond acceptors (Lipinski definition) is 3. The zero-order chi connectivity index (χ0) is 18.5. The van der Waals surface area contributed by atoms with Crippen LogP contribution in [0.5, 0.6) is 5.75 Å². The Labute approximate surface area is 153 Å². The summed E-state index contributed by atoms with van der Waals surface area (Å²) in [6, 6.07) is 21.9. The number of carbonyl (C=O) groups is 1. The Bertz CT molecular complexity index is 701. The summed E-state index contributed by atoms with van der Waals surface area (Å²) in [5.41, 5.74) is 2.60. The van der Waals surface area contributed by atoms with Gasteiger partial charge in [-0.15, -0.1) is 11.3 Å². The van der Waals surface area contributed by atoms with E-state index in [4.69, 9.17) is 15.0 Å². The highest BCUT2D eigenvalue weighted by molar-refractivity contribution is 7.13. The number of carboxylic acids is 1. The lowest BCUT2D eigenvalue weighted by molar-refractivity contribution is -0.134. The lowest BCUT2D eigenvalue weighted by Crippen LogP contribution is -1.78. The molecule has 2 aromatic carbocycles. The standard InChI is InChI=1S/C10H8OS.C9H12.C2H4O2/c11-9-5-3-8(4-6-9)10-2-1-7-12-10;1-2-6-9-7-4-3-5-8-9;1-2(3)4/h1-7,11H;3-5,7-8H,2,6H2,1H3;1H3,(H,3,4). The second-order valence-corrected chi connectivity index (χ2v) is 6.23. The SMILES string of the molecule is CC(=O)O.CCCc1ccccc1.Oc1ccc(-c2cccs2)cc1. The fourth-order valence-corrected chi connectivity index (χ4v) is 2.73. The van der Waals surface area contributed by atoms with Gasteiger partial charge in [0.05, 0.1) is 0 Å². The first-order chi connectivity index (χ1) is 12.0. The maximum Gasteiger partial charge on any atom is 0.300 e. The van der Waals surface area contributed by atoms with Gasteiger partial charge in [0.2, 0.25) is 0 Å². The molecule has 3 aromatic rings. The smallest absolute Gasteiger partial charge is 0.300 e. The largest absolute Gasteiger partial charge is 0.508 e. The van der Waals surface area contributed by atoms with Gasteiger partial charge in [0.25, 0.3) is 5.97 Å². The number of carboxylic acid groups (broad SMARTS) is 1. The molecule has 0 spiro atoms. The molecule has 0 aliphatic carbocycles. The first-order valence-electron chi connectivity index (χ1n) is 8.09. The van der Waals surface area contributed by atoms with E-state index in [0.717, 1.165) is 12.5 Å². The van der Waals surface area contributed by atoms with Crippen molar-refractivity contribution in [2.24, 2.45) is 0 Å². The fourth-order valence-electron chi connectivity index (χ4n) is 2.00. The zero-order valence-electron chi connectivity index (χ0n) is 14.6. The van der Waals surface area contributed by atoms with Crippen LogP contribution in [0.15, 0.2) is 72.1 Å². The summed E-state index contributed by atoms with van der Waals surface area (Å²) in [5.74, 6) is -0.518. The van der Waals surface area contributed by atoms with Crippen LogP contribution in [0.1, 0.15) is 25.8 Å². The van der Waals surface area contributed by atoms with Crippen molar-refractivity contribution < 1.29 is 15.0 Å². The Morgan fingerprint density at radius 3 is 2.04 bits per heavy atom. The molecule has 3 nitrogen and oxygen atoms in total. The number of aromatic hydroxyl groups is 1. The van der Waals surface area contributed by atoms with Crippen LogP contribution >= 0.6 is 11.3 Å². The second kappa shape index (κ2) is 11.9. The van der Waals surface area contributed by atoms with Crippen LogP contribution in [0.2, 0.25) is 0 Å². The molecular weight excluding hydrogens is 332 g/mol. The van der Waals surface area contributed by atoms with Gasteiger partial charge in [-0.3, -0.25) is 4.79 Å². The van der Waals surface area contributed by atoms with E-state index in [1.807, 2.05) is 23.6 Å². The third kappa shape index (κ3) is 9.33. The van der Waals surface area contributed by atoms with Gasteiger partial charge in [-0.1, -0.05) is 49.7 Å². The van der Waals surface area contributed by atoms with Crippen LogP contribution < -0.4 is 0 Å². The van der Waals surface area contributed by atoms with Crippen LogP contribution in [0.25, 0.3) is 10.4 Å². The van der Waals surface area contributed by atoms with Gasteiger partial charge >= 0.3 is 0 Å². The topological polar surface area (TPSA) is 57.5 Å². The van der Waals surface area contributed by atoms with E-state index in [1.165, 1.54) is 23.3 Å². The first kappa shape index (κ1) is 20.5. The van der Waals surface area contributed by atoms with Gasteiger partial charge in [-0.2, -0.15) is 0 Å². The van der Waals surface area contributed by atoms with Crippen LogP contribution in [0.4, 0.5) is 0 Å². The number of aryl methyl sites for hydroxylation is 1. The van der Waals surface area contributed by atoms with Crippen LogP contribution in [-0.4, -0.2) is 16.2 Å². The minimum Gasteiger partial charge on any atom is -0.508 e. The number of benzene rings is 2. The van der Waals surface area contributed by atoms with Gasteiger partial charge < -0.3 is 10.2 Å². The number of hydrogen-bond donors (Lipinski definition) is 2. The molecule has 1 heterocycles. The van der Waals surface area contributed by atoms with Crippen LogP contribution in [0, 0.1) is 0 Å². The van der Waals surface area contributed by atoms with Crippen molar-refractivity contribution in [2.75, 3.05) is 0 Å². The molecule has 2 N–H and O–H groups in total. The third-order valence-electron chi connectivity index (χ3n) is 3.05. The molecule has 0 unspecified atom stereocenters.